The van der Waals surface area contributed by atoms with E-state index in [0.29, 0.717) is 6.42 Å². The fraction of sp³-hybridized carbons (Fsp3) is 0.167. The van der Waals surface area contributed by atoms with Gasteiger partial charge in [-0.1, -0.05) is 0 Å². The molecular formula is C6H4N2O2Se. The summed E-state index contributed by atoms with van der Waals surface area (Å²) in [5.41, 5.74) is 1.08. The van der Waals surface area contributed by atoms with Gasteiger partial charge in [0, 0.05) is 0 Å². The second-order valence-corrected chi connectivity index (χ2v) is 3.89. The molecule has 0 unspecified atom stereocenters. The van der Waals surface area contributed by atoms with Crippen LogP contribution in [0, 0.1) is 0 Å². The van der Waals surface area contributed by atoms with Crippen molar-refractivity contribution < 1.29 is 9.90 Å². The van der Waals surface area contributed by atoms with Crippen LogP contribution in [0.3, 0.4) is 0 Å². The molecule has 0 aromatic carbocycles. The Bertz CT molecular complexity index is 342. The minimum absolute atomic E-state index is 0.173. The van der Waals surface area contributed by atoms with Gasteiger partial charge in [-0.15, -0.1) is 0 Å². The molecule has 0 aliphatic carbocycles. The third-order valence-electron chi connectivity index (χ3n) is 1.44. The number of hydrogen-bond donors (Lipinski definition) is 1. The summed E-state index contributed by atoms with van der Waals surface area (Å²) < 4.78 is 0.884. The summed E-state index contributed by atoms with van der Waals surface area (Å²) in [6.07, 6.45) is 0.406. The van der Waals surface area contributed by atoms with E-state index in [1.807, 2.05) is 5.07 Å². The second-order valence-electron chi connectivity index (χ2n) is 2.14. The summed E-state index contributed by atoms with van der Waals surface area (Å²) >= 11 is 0.173. The molecule has 2 heterocycles. The van der Waals surface area contributed by atoms with Crippen LogP contribution >= 0.6 is 0 Å². The zero-order valence-corrected chi connectivity index (χ0v) is 7.16. The standard InChI is InChI=1S/C6H4N2O2Se/c9-6(10)4-1-3-5(8-4)11-2-7-3/h2H,1H2,(H,9,10). The summed E-state index contributed by atoms with van der Waals surface area (Å²) in [6, 6.07) is 0. The van der Waals surface area contributed by atoms with Crippen LogP contribution in [0.1, 0.15) is 5.69 Å². The molecule has 0 saturated heterocycles. The molecular weight excluding hydrogens is 211 g/mol. The summed E-state index contributed by atoms with van der Waals surface area (Å²) in [7, 11) is 0. The Morgan fingerprint density at radius 2 is 2.55 bits per heavy atom. The van der Waals surface area contributed by atoms with Gasteiger partial charge in [-0.05, 0) is 0 Å². The van der Waals surface area contributed by atoms with Crippen LogP contribution in [0.5, 0.6) is 0 Å². The average Bonchev–Trinajstić information content (AvgIpc) is 2.40. The van der Waals surface area contributed by atoms with E-state index in [9.17, 15) is 4.79 Å². The predicted molar refractivity (Wildman–Crippen MR) is 39.6 cm³/mol. The van der Waals surface area contributed by atoms with E-state index < -0.39 is 5.97 Å². The van der Waals surface area contributed by atoms with Crippen molar-refractivity contribution in [1.29, 1.82) is 0 Å². The number of carboxylic acid groups (broad SMARTS) is 1. The van der Waals surface area contributed by atoms with Crippen LogP contribution in [0.25, 0.3) is 0 Å². The number of carbonyl (C=O) groups is 1. The number of hydrogen-bond acceptors (Lipinski definition) is 3. The van der Waals surface area contributed by atoms with Crippen molar-refractivity contribution in [3.63, 3.8) is 0 Å². The minimum atomic E-state index is -0.926. The molecule has 0 saturated carbocycles. The molecule has 4 nitrogen and oxygen atoms in total. The molecule has 0 radical (unpaired) electrons. The Morgan fingerprint density at radius 1 is 1.73 bits per heavy atom. The third kappa shape index (κ3) is 1.02. The van der Waals surface area contributed by atoms with Gasteiger partial charge in [-0.25, -0.2) is 0 Å². The molecule has 1 N–H and O–H groups in total. The molecule has 1 aromatic rings. The molecule has 11 heavy (non-hydrogen) atoms. The number of nitrogens with zero attached hydrogens (tertiary/aromatic N) is 2. The van der Waals surface area contributed by atoms with E-state index >= 15 is 0 Å². The van der Waals surface area contributed by atoms with Gasteiger partial charge in [0.05, 0.1) is 0 Å². The van der Waals surface area contributed by atoms with Gasteiger partial charge in [-0.2, -0.15) is 0 Å². The number of aliphatic imine (C=N–C) groups is 1. The molecule has 5 heteroatoms. The van der Waals surface area contributed by atoms with Crippen molar-refractivity contribution in [1.82, 2.24) is 4.98 Å². The quantitative estimate of drug-likeness (QED) is 0.662. The summed E-state index contributed by atoms with van der Waals surface area (Å²) in [6.45, 7) is 0. The number of carboxylic acids is 1. The van der Waals surface area contributed by atoms with E-state index in [2.05, 4.69) is 9.98 Å². The van der Waals surface area contributed by atoms with Gasteiger partial charge in [0.15, 0.2) is 0 Å². The first kappa shape index (κ1) is 6.76. The Hall–Kier alpha value is -0.931. The van der Waals surface area contributed by atoms with Crippen molar-refractivity contribution in [3.8, 4) is 0 Å². The molecule has 0 atom stereocenters. The van der Waals surface area contributed by atoms with E-state index in [1.165, 1.54) is 0 Å². The Labute approximate surface area is 68.3 Å². The third-order valence-corrected chi connectivity index (χ3v) is 3.03. The molecule has 1 aliphatic heterocycles. The monoisotopic (exact) mass is 216 g/mol. The zero-order chi connectivity index (χ0) is 7.84. The van der Waals surface area contributed by atoms with E-state index in [0.717, 1.165) is 10.3 Å². The fourth-order valence-corrected chi connectivity index (χ4v) is 2.40. The molecule has 0 spiro atoms. The topological polar surface area (TPSA) is 62.5 Å². The van der Waals surface area contributed by atoms with Crippen molar-refractivity contribution in [2.24, 2.45) is 4.99 Å². The normalized spacial score (nSPS) is 14.4. The first-order chi connectivity index (χ1) is 5.27. The maximum absolute atomic E-state index is 10.4. The van der Waals surface area contributed by atoms with E-state index in [-0.39, 0.29) is 20.2 Å². The number of rotatable bonds is 1. The van der Waals surface area contributed by atoms with Gasteiger partial charge < -0.3 is 0 Å². The molecule has 0 amide bonds. The van der Waals surface area contributed by atoms with Crippen LogP contribution in [0.4, 0.5) is 4.56 Å². The van der Waals surface area contributed by atoms with Gasteiger partial charge >= 0.3 is 67.8 Å². The SMILES string of the molecule is O=C(O)C1=Nc2[se]cnc2C1. The molecule has 0 fully saturated rings. The van der Waals surface area contributed by atoms with Gasteiger partial charge in [0.25, 0.3) is 0 Å². The predicted octanol–water partition coefficient (Wildman–Crippen LogP) is -0.148. The summed E-state index contributed by atoms with van der Waals surface area (Å²) in [4.78, 5) is 18.4. The molecule has 1 aromatic heterocycles. The number of aromatic nitrogens is 1. The van der Waals surface area contributed by atoms with Crippen molar-refractivity contribution in [3.05, 3.63) is 10.8 Å². The molecule has 56 valence electrons. The average molecular weight is 215 g/mol. The second kappa shape index (κ2) is 2.29. The first-order valence-corrected chi connectivity index (χ1v) is 4.85. The van der Waals surface area contributed by atoms with Crippen LogP contribution in [-0.2, 0) is 11.2 Å². The zero-order valence-electron chi connectivity index (χ0n) is 5.44. The Balaban J connectivity index is 2.38. The van der Waals surface area contributed by atoms with Crippen LogP contribution < -0.4 is 0 Å². The summed E-state index contributed by atoms with van der Waals surface area (Å²) in [5, 5.41) is 10.4. The molecule has 1 aliphatic rings. The van der Waals surface area contributed by atoms with Crippen molar-refractivity contribution in [2.45, 2.75) is 6.42 Å². The number of fused-ring (bicyclic) bond motifs is 1. The fourth-order valence-electron chi connectivity index (χ4n) is 0.919. The first-order valence-electron chi connectivity index (χ1n) is 3.00. The van der Waals surface area contributed by atoms with Crippen LogP contribution in [0.2, 0.25) is 0 Å². The van der Waals surface area contributed by atoms with E-state index in [4.69, 9.17) is 5.11 Å². The van der Waals surface area contributed by atoms with Gasteiger partial charge in [0.1, 0.15) is 0 Å². The van der Waals surface area contributed by atoms with E-state index in [1.54, 1.807) is 0 Å². The van der Waals surface area contributed by atoms with Gasteiger partial charge in [-0.3, -0.25) is 0 Å². The Morgan fingerprint density at radius 3 is 3.18 bits per heavy atom. The maximum atomic E-state index is 10.4. The van der Waals surface area contributed by atoms with Crippen molar-refractivity contribution in [2.75, 3.05) is 0 Å². The van der Waals surface area contributed by atoms with Crippen LogP contribution in [0.15, 0.2) is 10.1 Å². The van der Waals surface area contributed by atoms with Crippen LogP contribution in [-0.4, -0.2) is 36.3 Å². The molecule has 0 bridgehead atoms. The number of aliphatic carboxylic acids is 1. The van der Waals surface area contributed by atoms with Gasteiger partial charge in [0.2, 0.25) is 0 Å². The van der Waals surface area contributed by atoms with Crippen molar-refractivity contribution >= 4 is 30.7 Å². The summed E-state index contributed by atoms with van der Waals surface area (Å²) in [5.74, 6) is -0.926. The molecule has 2 rings (SSSR count). The Kier molecular flexibility index (Phi) is 1.41.